The van der Waals surface area contributed by atoms with Crippen LogP contribution in [0.4, 0.5) is 0 Å². The lowest BCUT2D eigenvalue weighted by atomic mass is 10.1. The van der Waals surface area contributed by atoms with Crippen molar-refractivity contribution in [2.75, 3.05) is 13.1 Å². The predicted molar refractivity (Wildman–Crippen MR) is 87.4 cm³/mol. The summed E-state index contributed by atoms with van der Waals surface area (Å²) in [6, 6.07) is 8.04. The summed E-state index contributed by atoms with van der Waals surface area (Å²) in [5, 5.41) is 13.9. The Bertz CT molecular complexity index is 676. The zero-order chi connectivity index (χ0) is 16.1. The Hall–Kier alpha value is -2.50. The third-order valence-corrected chi connectivity index (χ3v) is 4.08. The van der Waals surface area contributed by atoms with Crippen LogP contribution in [0.1, 0.15) is 29.8 Å². The molecule has 0 atom stereocenters. The summed E-state index contributed by atoms with van der Waals surface area (Å²) >= 11 is 0. The molecule has 3 rings (SSSR count). The molecule has 1 aliphatic rings. The lowest BCUT2D eigenvalue weighted by Gasteiger charge is -2.20. The van der Waals surface area contributed by atoms with E-state index < -0.39 is 0 Å². The standard InChI is InChI=1S/C17H21N5O/c1-13-4-2-3-5-15(13)8-9-17(23)22(12-14-6-7-14)11-10-16-18-20-21-19-16/h2-5,8-9,14H,6-7,10-12H2,1H3,(H,18,19,20,21)/b9-8+. The Labute approximate surface area is 135 Å². The number of benzene rings is 1. The second-order valence-corrected chi connectivity index (χ2v) is 6.00. The molecule has 1 N–H and O–H groups in total. The molecule has 0 spiro atoms. The van der Waals surface area contributed by atoms with Gasteiger partial charge in [0.05, 0.1) is 0 Å². The van der Waals surface area contributed by atoms with Gasteiger partial charge in [-0.15, -0.1) is 10.2 Å². The third-order valence-electron chi connectivity index (χ3n) is 4.08. The third kappa shape index (κ3) is 4.48. The summed E-state index contributed by atoms with van der Waals surface area (Å²) in [6.07, 6.45) is 6.61. The van der Waals surface area contributed by atoms with E-state index >= 15 is 0 Å². The summed E-state index contributed by atoms with van der Waals surface area (Å²) in [7, 11) is 0. The monoisotopic (exact) mass is 311 g/mol. The first-order valence-electron chi connectivity index (χ1n) is 7.97. The van der Waals surface area contributed by atoms with Crippen molar-refractivity contribution < 1.29 is 4.79 Å². The summed E-state index contributed by atoms with van der Waals surface area (Å²) in [4.78, 5) is 14.4. The van der Waals surface area contributed by atoms with Crippen molar-refractivity contribution in [1.82, 2.24) is 25.5 Å². The highest BCUT2D eigenvalue weighted by atomic mass is 16.2. The number of amides is 1. The number of tetrazole rings is 1. The maximum absolute atomic E-state index is 12.5. The second kappa shape index (κ2) is 7.17. The number of aromatic amines is 1. The Kier molecular flexibility index (Phi) is 4.80. The Morgan fingerprint density at radius 1 is 1.39 bits per heavy atom. The quantitative estimate of drug-likeness (QED) is 0.794. The van der Waals surface area contributed by atoms with Crippen molar-refractivity contribution >= 4 is 12.0 Å². The summed E-state index contributed by atoms with van der Waals surface area (Å²) in [6.45, 7) is 3.48. The van der Waals surface area contributed by atoms with Crippen LogP contribution < -0.4 is 0 Å². The Balaban J connectivity index is 1.63. The van der Waals surface area contributed by atoms with Gasteiger partial charge in [0.1, 0.15) is 0 Å². The Morgan fingerprint density at radius 2 is 2.22 bits per heavy atom. The molecule has 6 nitrogen and oxygen atoms in total. The fraction of sp³-hybridized carbons (Fsp3) is 0.412. The number of nitrogens with zero attached hydrogens (tertiary/aromatic N) is 4. The van der Waals surface area contributed by atoms with Crippen molar-refractivity contribution in [2.45, 2.75) is 26.2 Å². The molecule has 1 fully saturated rings. The van der Waals surface area contributed by atoms with Crippen molar-refractivity contribution in [3.63, 3.8) is 0 Å². The lowest BCUT2D eigenvalue weighted by molar-refractivity contribution is -0.126. The smallest absolute Gasteiger partial charge is 0.246 e. The van der Waals surface area contributed by atoms with Gasteiger partial charge in [0.25, 0.3) is 0 Å². The average molecular weight is 311 g/mol. The number of aryl methyl sites for hydroxylation is 1. The molecule has 1 aromatic heterocycles. The van der Waals surface area contributed by atoms with Gasteiger partial charge in [-0.2, -0.15) is 5.21 Å². The van der Waals surface area contributed by atoms with E-state index in [2.05, 4.69) is 20.6 Å². The molecular formula is C17H21N5O. The van der Waals surface area contributed by atoms with Gasteiger partial charge in [-0.3, -0.25) is 4.79 Å². The van der Waals surface area contributed by atoms with Crippen LogP contribution in [0.2, 0.25) is 0 Å². The summed E-state index contributed by atoms with van der Waals surface area (Å²) < 4.78 is 0. The SMILES string of the molecule is Cc1ccccc1/C=C/C(=O)N(CCc1nn[nH]n1)CC1CC1. The van der Waals surface area contributed by atoms with Gasteiger partial charge in [-0.1, -0.05) is 29.5 Å². The van der Waals surface area contributed by atoms with Crippen LogP contribution >= 0.6 is 0 Å². The number of carbonyl (C=O) groups is 1. The molecule has 0 saturated heterocycles. The first-order valence-corrected chi connectivity index (χ1v) is 7.97. The first-order chi connectivity index (χ1) is 11.2. The minimum atomic E-state index is 0.0450. The molecule has 1 aromatic carbocycles. The normalized spacial score (nSPS) is 14.3. The molecule has 23 heavy (non-hydrogen) atoms. The molecule has 6 heteroatoms. The fourth-order valence-corrected chi connectivity index (χ4v) is 2.47. The van der Waals surface area contributed by atoms with Crippen LogP contribution in [0.5, 0.6) is 0 Å². The van der Waals surface area contributed by atoms with Gasteiger partial charge in [0.2, 0.25) is 5.91 Å². The zero-order valence-corrected chi connectivity index (χ0v) is 13.3. The first kappa shape index (κ1) is 15.4. The molecule has 0 radical (unpaired) electrons. The van der Waals surface area contributed by atoms with Crippen molar-refractivity contribution in [3.05, 3.63) is 47.3 Å². The van der Waals surface area contributed by atoms with Crippen molar-refractivity contribution in [2.24, 2.45) is 5.92 Å². The summed E-state index contributed by atoms with van der Waals surface area (Å²) in [5.74, 6) is 1.33. The lowest BCUT2D eigenvalue weighted by Crippen LogP contribution is -2.33. The van der Waals surface area contributed by atoms with E-state index in [-0.39, 0.29) is 5.91 Å². The molecule has 2 aromatic rings. The van der Waals surface area contributed by atoms with Crippen LogP contribution in [-0.4, -0.2) is 44.5 Å². The zero-order valence-electron chi connectivity index (χ0n) is 13.3. The number of aromatic nitrogens is 4. The van der Waals surface area contributed by atoms with Crippen LogP contribution in [0.25, 0.3) is 6.08 Å². The maximum atomic E-state index is 12.5. The van der Waals surface area contributed by atoms with E-state index in [9.17, 15) is 4.79 Å². The van der Waals surface area contributed by atoms with Gasteiger partial charge >= 0.3 is 0 Å². The van der Waals surface area contributed by atoms with Crippen LogP contribution in [-0.2, 0) is 11.2 Å². The molecule has 1 amide bonds. The molecule has 1 heterocycles. The van der Waals surface area contributed by atoms with Crippen molar-refractivity contribution in [1.29, 1.82) is 0 Å². The van der Waals surface area contributed by atoms with E-state index in [1.165, 1.54) is 12.8 Å². The maximum Gasteiger partial charge on any atom is 0.246 e. The predicted octanol–water partition coefficient (Wildman–Crippen LogP) is 2.00. The second-order valence-electron chi connectivity index (χ2n) is 6.00. The number of rotatable bonds is 7. The molecule has 1 aliphatic carbocycles. The van der Waals surface area contributed by atoms with Crippen molar-refractivity contribution in [3.8, 4) is 0 Å². The highest BCUT2D eigenvalue weighted by Crippen LogP contribution is 2.29. The number of hydrogen-bond donors (Lipinski definition) is 1. The minimum absolute atomic E-state index is 0.0450. The fourth-order valence-electron chi connectivity index (χ4n) is 2.47. The molecule has 0 aliphatic heterocycles. The van der Waals surface area contributed by atoms with E-state index in [0.717, 1.165) is 17.7 Å². The average Bonchev–Trinajstić information content (AvgIpc) is 3.22. The molecular weight excluding hydrogens is 290 g/mol. The molecule has 0 unspecified atom stereocenters. The number of nitrogens with one attached hydrogen (secondary N) is 1. The number of H-pyrrole nitrogens is 1. The molecule has 120 valence electrons. The van der Waals surface area contributed by atoms with Gasteiger partial charge < -0.3 is 4.90 Å². The minimum Gasteiger partial charge on any atom is -0.338 e. The van der Waals surface area contributed by atoms with Gasteiger partial charge in [-0.05, 0) is 42.9 Å². The number of hydrogen-bond acceptors (Lipinski definition) is 4. The molecule has 0 bridgehead atoms. The van der Waals surface area contributed by atoms with Crippen LogP contribution in [0, 0.1) is 12.8 Å². The van der Waals surface area contributed by atoms with Gasteiger partial charge in [0.15, 0.2) is 5.82 Å². The van der Waals surface area contributed by atoms with E-state index in [4.69, 9.17) is 0 Å². The van der Waals surface area contributed by atoms with E-state index in [1.54, 1.807) is 6.08 Å². The topological polar surface area (TPSA) is 74.8 Å². The molecule has 1 saturated carbocycles. The summed E-state index contributed by atoms with van der Waals surface area (Å²) in [5.41, 5.74) is 2.24. The van der Waals surface area contributed by atoms with E-state index in [1.807, 2.05) is 42.2 Å². The number of carbonyl (C=O) groups excluding carboxylic acids is 1. The highest BCUT2D eigenvalue weighted by molar-refractivity contribution is 5.92. The highest BCUT2D eigenvalue weighted by Gasteiger charge is 2.26. The van der Waals surface area contributed by atoms with Crippen LogP contribution in [0.3, 0.4) is 0 Å². The van der Waals surface area contributed by atoms with Crippen LogP contribution in [0.15, 0.2) is 30.3 Å². The largest absolute Gasteiger partial charge is 0.338 e. The van der Waals surface area contributed by atoms with Gasteiger partial charge in [-0.25, -0.2) is 0 Å². The van der Waals surface area contributed by atoms with Gasteiger partial charge in [0, 0.05) is 25.6 Å². The van der Waals surface area contributed by atoms with E-state index in [0.29, 0.717) is 24.7 Å². The Morgan fingerprint density at radius 3 is 2.91 bits per heavy atom.